The lowest BCUT2D eigenvalue weighted by atomic mass is 9.92. The van der Waals surface area contributed by atoms with Crippen molar-refractivity contribution in [2.24, 2.45) is 0 Å². The van der Waals surface area contributed by atoms with Crippen LogP contribution in [0.15, 0.2) is 22.7 Å². The lowest BCUT2D eigenvalue weighted by Gasteiger charge is -2.13. The number of rotatable bonds is 4. The van der Waals surface area contributed by atoms with Crippen LogP contribution in [0.25, 0.3) is 0 Å². The van der Waals surface area contributed by atoms with Gasteiger partial charge in [0.25, 0.3) is 0 Å². The van der Waals surface area contributed by atoms with Crippen LogP contribution in [0.2, 0.25) is 0 Å². The molecule has 0 N–H and O–H groups in total. The molecule has 1 aromatic rings. The van der Waals surface area contributed by atoms with Crippen molar-refractivity contribution in [3.05, 3.63) is 33.8 Å². The third-order valence-corrected chi connectivity index (χ3v) is 2.96. The quantitative estimate of drug-likeness (QED) is 0.749. The Morgan fingerprint density at radius 2 is 2.21 bits per heavy atom. The summed E-state index contributed by atoms with van der Waals surface area (Å²) in [6.45, 7) is 4.23. The van der Waals surface area contributed by atoms with Crippen LogP contribution in [0.5, 0.6) is 0 Å². The molecule has 0 heterocycles. The van der Waals surface area contributed by atoms with E-state index in [0.29, 0.717) is 12.3 Å². The van der Waals surface area contributed by atoms with Crippen molar-refractivity contribution in [2.75, 3.05) is 0 Å². The van der Waals surface area contributed by atoms with Gasteiger partial charge in [-0.3, -0.25) is 0 Å². The van der Waals surface area contributed by atoms with Gasteiger partial charge in [0.05, 0.1) is 0 Å². The van der Waals surface area contributed by atoms with Crippen molar-refractivity contribution < 1.29 is 4.79 Å². The van der Waals surface area contributed by atoms with Crippen LogP contribution in [0.1, 0.15) is 37.3 Å². The fourth-order valence-electron chi connectivity index (χ4n) is 1.62. The van der Waals surface area contributed by atoms with E-state index in [1.165, 1.54) is 11.1 Å². The fourth-order valence-corrected chi connectivity index (χ4v) is 2.00. The summed E-state index contributed by atoms with van der Waals surface area (Å²) in [4.78, 5) is 10.5. The molecule has 0 aliphatic heterocycles. The van der Waals surface area contributed by atoms with Gasteiger partial charge in [-0.2, -0.15) is 0 Å². The summed E-state index contributed by atoms with van der Waals surface area (Å²) in [5.41, 5.74) is 2.62. The fraction of sp³-hybridized carbons (Fsp3) is 0.417. The first-order valence-electron chi connectivity index (χ1n) is 4.91. The van der Waals surface area contributed by atoms with Gasteiger partial charge < -0.3 is 4.79 Å². The van der Waals surface area contributed by atoms with E-state index < -0.39 is 0 Å². The number of hydrogen-bond acceptors (Lipinski definition) is 1. The van der Waals surface area contributed by atoms with Gasteiger partial charge in [0.2, 0.25) is 0 Å². The molecule has 1 aromatic carbocycles. The van der Waals surface area contributed by atoms with Crippen molar-refractivity contribution in [3.63, 3.8) is 0 Å². The average molecular weight is 255 g/mol. The van der Waals surface area contributed by atoms with Crippen molar-refractivity contribution in [2.45, 2.75) is 32.6 Å². The Morgan fingerprint density at radius 1 is 1.50 bits per heavy atom. The van der Waals surface area contributed by atoms with Crippen LogP contribution in [0, 0.1) is 0 Å². The van der Waals surface area contributed by atoms with E-state index in [0.717, 1.165) is 17.2 Å². The number of aldehydes is 1. The Morgan fingerprint density at radius 3 is 2.79 bits per heavy atom. The highest BCUT2D eigenvalue weighted by Gasteiger charge is 2.09. The predicted molar refractivity (Wildman–Crippen MR) is 62.6 cm³/mol. The molecule has 0 spiro atoms. The lowest BCUT2D eigenvalue weighted by molar-refractivity contribution is -0.108. The summed E-state index contributed by atoms with van der Waals surface area (Å²) in [5, 5.41) is 0. The van der Waals surface area contributed by atoms with Crippen molar-refractivity contribution in [1.29, 1.82) is 0 Å². The Bertz CT molecular complexity index is 320. The van der Waals surface area contributed by atoms with E-state index in [1.807, 2.05) is 0 Å². The van der Waals surface area contributed by atoms with Crippen LogP contribution in [-0.2, 0) is 11.2 Å². The minimum absolute atomic E-state index is 0.319. The standard InChI is InChI=1S/C12H15BrO/c1-3-10-4-5-11(13)8-12(10)9(2)6-7-14/h4-5,7-9H,3,6H2,1-2H3. The first-order valence-corrected chi connectivity index (χ1v) is 5.70. The molecule has 1 nitrogen and oxygen atoms in total. The van der Waals surface area contributed by atoms with Gasteiger partial charge >= 0.3 is 0 Å². The van der Waals surface area contributed by atoms with Gasteiger partial charge in [-0.25, -0.2) is 0 Å². The molecule has 0 aliphatic carbocycles. The summed E-state index contributed by atoms with van der Waals surface area (Å²) in [6, 6.07) is 6.30. The van der Waals surface area contributed by atoms with E-state index in [9.17, 15) is 4.79 Å². The number of benzene rings is 1. The SMILES string of the molecule is CCc1ccc(Br)cc1C(C)CC=O. The van der Waals surface area contributed by atoms with Gasteiger partial charge in [-0.15, -0.1) is 0 Å². The topological polar surface area (TPSA) is 17.1 Å². The van der Waals surface area contributed by atoms with Crippen LogP contribution < -0.4 is 0 Å². The molecule has 14 heavy (non-hydrogen) atoms. The van der Waals surface area contributed by atoms with Crippen LogP contribution in [0.4, 0.5) is 0 Å². The molecule has 0 radical (unpaired) electrons. The highest BCUT2D eigenvalue weighted by Crippen LogP contribution is 2.26. The molecule has 0 amide bonds. The number of hydrogen-bond donors (Lipinski definition) is 0. The zero-order valence-electron chi connectivity index (χ0n) is 8.59. The first-order chi connectivity index (χ1) is 6.69. The molecule has 1 unspecified atom stereocenters. The maximum Gasteiger partial charge on any atom is 0.120 e. The van der Waals surface area contributed by atoms with Crippen LogP contribution >= 0.6 is 15.9 Å². The smallest absolute Gasteiger partial charge is 0.120 e. The largest absolute Gasteiger partial charge is 0.303 e. The van der Waals surface area contributed by atoms with Gasteiger partial charge in [0.15, 0.2) is 0 Å². The summed E-state index contributed by atoms with van der Waals surface area (Å²) in [5.74, 6) is 0.319. The molecule has 1 rings (SSSR count). The molecule has 0 aliphatic rings. The Hall–Kier alpha value is -0.630. The monoisotopic (exact) mass is 254 g/mol. The third kappa shape index (κ3) is 2.68. The molecule has 0 saturated heterocycles. The minimum atomic E-state index is 0.319. The van der Waals surface area contributed by atoms with Gasteiger partial charge in [0.1, 0.15) is 6.29 Å². The van der Waals surface area contributed by atoms with E-state index in [1.54, 1.807) is 0 Å². The molecule has 0 saturated carbocycles. The summed E-state index contributed by atoms with van der Waals surface area (Å²) in [6.07, 6.45) is 2.61. The van der Waals surface area contributed by atoms with E-state index in [2.05, 4.69) is 48.0 Å². The Labute approximate surface area is 93.7 Å². The second-order valence-corrected chi connectivity index (χ2v) is 4.42. The van der Waals surface area contributed by atoms with Crippen LogP contribution in [-0.4, -0.2) is 6.29 Å². The highest BCUT2D eigenvalue weighted by molar-refractivity contribution is 9.10. The molecular formula is C12H15BrO. The van der Waals surface area contributed by atoms with Crippen molar-refractivity contribution in [3.8, 4) is 0 Å². The summed E-state index contributed by atoms with van der Waals surface area (Å²) < 4.78 is 1.09. The number of carbonyl (C=O) groups is 1. The van der Waals surface area contributed by atoms with Gasteiger partial charge in [-0.05, 0) is 35.6 Å². The zero-order valence-corrected chi connectivity index (χ0v) is 10.2. The normalized spacial score (nSPS) is 12.5. The maximum absolute atomic E-state index is 10.5. The second-order valence-electron chi connectivity index (χ2n) is 3.50. The number of carbonyl (C=O) groups excluding carboxylic acids is 1. The maximum atomic E-state index is 10.5. The molecule has 2 heteroatoms. The van der Waals surface area contributed by atoms with Gasteiger partial charge in [0, 0.05) is 10.9 Å². The van der Waals surface area contributed by atoms with E-state index in [4.69, 9.17) is 0 Å². The predicted octanol–water partition coefficient (Wildman–Crippen LogP) is 3.70. The number of aryl methyl sites for hydroxylation is 1. The summed E-state index contributed by atoms with van der Waals surface area (Å²) >= 11 is 3.46. The molecule has 76 valence electrons. The third-order valence-electron chi connectivity index (χ3n) is 2.47. The van der Waals surface area contributed by atoms with Crippen molar-refractivity contribution >= 4 is 22.2 Å². The Balaban J connectivity index is 3.02. The molecule has 0 bridgehead atoms. The van der Waals surface area contributed by atoms with E-state index in [-0.39, 0.29) is 0 Å². The molecule has 1 atom stereocenters. The first kappa shape index (κ1) is 11.4. The summed E-state index contributed by atoms with van der Waals surface area (Å²) in [7, 11) is 0. The minimum Gasteiger partial charge on any atom is -0.303 e. The zero-order chi connectivity index (χ0) is 10.6. The molecular weight excluding hydrogens is 240 g/mol. The highest BCUT2D eigenvalue weighted by atomic mass is 79.9. The average Bonchev–Trinajstić information content (AvgIpc) is 2.18. The second kappa shape index (κ2) is 5.30. The number of halogens is 1. The molecule has 0 aromatic heterocycles. The van der Waals surface area contributed by atoms with Crippen molar-refractivity contribution in [1.82, 2.24) is 0 Å². The molecule has 0 fully saturated rings. The van der Waals surface area contributed by atoms with Crippen LogP contribution in [0.3, 0.4) is 0 Å². The van der Waals surface area contributed by atoms with E-state index >= 15 is 0 Å². The Kier molecular flexibility index (Phi) is 4.33. The lowest BCUT2D eigenvalue weighted by Crippen LogP contribution is -1.99. The van der Waals surface area contributed by atoms with Gasteiger partial charge in [-0.1, -0.05) is 35.8 Å².